The number of carbonyl (C=O) groups is 2. The van der Waals surface area contributed by atoms with Crippen LogP contribution in [-0.2, 0) is 21.2 Å². The molecule has 0 aliphatic carbocycles. The lowest BCUT2D eigenvalue weighted by Gasteiger charge is -2.17. The lowest BCUT2D eigenvalue weighted by Crippen LogP contribution is -2.33. The third-order valence-corrected chi connectivity index (χ3v) is 7.76. The van der Waals surface area contributed by atoms with E-state index < -0.39 is 33.5 Å². The van der Waals surface area contributed by atoms with Gasteiger partial charge in [-0.05, 0) is 18.2 Å². The quantitative estimate of drug-likeness (QED) is 0.361. The monoisotopic (exact) mass is 556 g/mol. The van der Waals surface area contributed by atoms with Crippen molar-refractivity contribution in [3.05, 3.63) is 75.5 Å². The minimum absolute atomic E-state index is 0.0283. The highest BCUT2D eigenvalue weighted by Crippen LogP contribution is 2.29. The van der Waals surface area contributed by atoms with Gasteiger partial charge in [-0.3, -0.25) is 20.0 Å². The molecule has 1 aliphatic rings. The second-order valence-electron chi connectivity index (χ2n) is 7.81. The topological polar surface area (TPSA) is 119 Å². The Morgan fingerprint density at radius 3 is 2.72 bits per heavy atom. The number of amides is 2. The number of sulfone groups is 1. The lowest BCUT2D eigenvalue weighted by atomic mass is 10.1. The number of nitrogens with one attached hydrogen (secondary N) is 1. The van der Waals surface area contributed by atoms with E-state index in [2.05, 4.69) is 10.3 Å². The number of carbonyl (C=O) groups excluding carboxylic acids is 1. The number of halogens is 3. The molecule has 0 fully saturated rings. The Morgan fingerprint density at radius 1 is 1.28 bits per heavy atom. The number of hydrogen-bond acceptors (Lipinski definition) is 6. The van der Waals surface area contributed by atoms with E-state index >= 15 is 0 Å². The first-order chi connectivity index (χ1) is 17.0. The molecule has 192 valence electrons. The molecular weight excluding hydrogens is 534 g/mol. The number of carboxylic acid groups (broad SMARTS) is 1. The Bertz CT molecular complexity index is 1330. The van der Waals surface area contributed by atoms with E-state index in [4.69, 9.17) is 23.2 Å². The van der Waals surface area contributed by atoms with Crippen molar-refractivity contribution in [2.24, 2.45) is 4.99 Å². The second kappa shape index (κ2) is 11.8. The van der Waals surface area contributed by atoms with E-state index in [1.165, 1.54) is 54.4 Å². The van der Waals surface area contributed by atoms with Gasteiger partial charge >= 0.3 is 6.09 Å². The van der Waals surface area contributed by atoms with Gasteiger partial charge in [0, 0.05) is 37.3 Å². The Hall–Kier alpha value is -2.99. The molecule has 13 heteroatoms. The molecule has 2 amide bonds. The maximum Gasteiger partial charge on any atom is 0.413 e. The van der Waals surface area contributed by atoms with Crippen LogP contribution in [0.25, 0.3) is 0 Å². The van der Waals surface area contributed by atoms with Crippen LogP contribution >= 0.6 is 23.2 Å². The van der Waals surface area contributed by atoms with Gasteiger partial charge in [-0.2, -0.15) is 0 Å². The van der Waals surface area contributed by atoms with E-state index in [0.717, 1.165) is 4.90 Å². The summed E-state index contributed by atoms with van der Waals surface area (Å²) in [7, 11) is -2.24. The number of rotatable bonds is 9. The molecule has 2 aromatic carbocycles. The highest BCUT2D eigenvalue weighted by molar-refractivity contribution is 7.91. The van der Waals surface area contributed by atoms with Crippen molar-refractivity contribution in [1.82, 2.24) is 15.1 Å². The Labute approximate surface area is 217 Å². The molecule has 2 aromatic rings. The summed E-state index contributed by atoms with van der Waals surface area (Å²) in [6.07, 6.45) is 1.54. The minimum Gasteiger partial charge on any atom is -0.465 e. The molecule has 0 saturated carbocycles. The Balaban J connectivity index is 1.53. The van der Waals surface area contributed by atoms with Gasteiger partial charge in [-0.15, -0.1) is 0 Å². The van der Waals surface area contributed by atoms with E-state index in [0.29, 0.717) is 12.1 Å². The molecule has 9 nitrogen and oxygen atoms in total. The van der Waals surface area contributed by atoms with Crippen LogP contribution in [0, 0.1) is 5.82 Å². The SMILES string of the molecule is CN(Cc1ccc(C2=NCCN2C(=O)O)cc1F)C(=O)C=CCNCS(=O)(=O)c1cccc(Cl)c1Cl. The smallest absolute Gasteiger partial charge is 0.413 e. The van der Waals surface area contributed by atoms with Gasteiger partial charge in [0.1, 0.15) is 17.5 Å². The number of nitrogens with zero attached hydrogens (tertiary/aromatic N) is 3. The molecular formula is C23H23Cl2FN4O5S. The van der Waals surface area contributed by atoms with Crippen molar-refractivity contribution in [3.8, 4) is 0 Å². The molecule has 0 saturated heterocycles. The zero-order chi connectivity index (χ0) is 26.5. The number of amidine groups is 1. The van der Waals surface area contributed by atoms with Crippen LogP contribution in [0.1, 0.15) is 11.1 Å². The summed E-state index contributed by atoms with van der Waals surface area (Å²) < 4.78 is 39.5. The molecule has 1 heterocycles. The molecule has 36 heavy (non-hydrogen) atoms. The van der Waals surface area contributed by atoms with Crippen molar-refractivity contribution in [1.29, 1.82) is 0 Å². The van der Waals surface area contributed by atoms with Gasteiger partial charge in [-0.25, -0.2) is 17.6 Å². The summed E-state index contributed by atoms with van der Waals surface area (Å²) in [5.41, 5.74) is 0.580. The van der Waals surface area contributed by atoms with Crippen molar-refractivity contribution >= 4 is 50.9 Å². The van der Waals surface area contributed by atoms with Crippen molar-refractivity contribution in [2.75, 3.05) is 32.6 Å². The van der Waals surface area contributed by atoms with Crippen molar-refractivity contribution < 1.29 is 27.5 Å². The second-order valence-corrected chi connectivity index (χ2v) is 10.6. The standard InChI is InChI=1S/C23H23Cl2FN4O5S/c1-29(13-16-8-7-15(12-18(16)26)22-28-10-11-30(22)23(32)33)20(31)6-3-9-27-14-36(34,35)19-5-2-4-17(24)21(19)25/h2-8,12,27H,9-11,13-14H2,1H3,(H,32,33). The summed E-state index contributed by atoms with van der Waals surface area (Å²) in [6.45, 7) is 0.582. The molecule has 0 atom stereocenters. The van der Waals surface area contributed by atoms with Crippen LogP contribution in [-0.4, -0.2) is 73.7 Å². The van der Waals surface area contributed by atoms with E-state index in [-0.39, 0.29) is 46.0 Å². The third kappa shape index (κ3) is 6.61. The summed E-state index contributed by atoms with van der Waals surface area (Å²) in [4.78, 5) is 30.0. The van der Waals surface area contributed by atoms with E-state index in [1.807, 2.05) is 0 Å². The summed E-state index contributed by atoms with van der Waals surface area (Å²) >= 11 is 11.8. The molecule has 1 aliphatic heterocycles. The highest BCUT2D eigenvalue weighted by Gasteiger charge is 2.25. The van der Waals surface area contributed by atoms with Gasteiger partial charge in [0.15, 0.2) is 9.84 Å². The Morgan fingerprint density at radius 2 is 2.03 bits per heavy atom. The van der Waals surface area contributed by atoms with Crippen molar-refractivity contribution in [2.45, 2.75) is 11.4 Å². The molecule has 0 aromatic heterocycles. The average molecular weight is 557 g/mol. The first-order valence-corrected chi connectivity index (χ1v) is 13.0. The first kappa shape index (κ1) is 27.6. The Kier molecular flexibility index (Phi) is 9.07. The summed E-state index contributed by atoms with van der Waals surface area (Å²) in [5.74, 6) is -1.24. The predicted octanol–water partition coefficient (Wildman–Crippen LogP) is 3.41. The zero-order valence-corrected chi connectivity index (χ0v) is 21.4. The fourth-order valence-electron chi connectivity index (χ4n) is 3.39. The van der Waals surface area contributed by atoms with Gasteiger partial charge in [0.2, 0.25) is 5.91 Å². The number of hydrogen-bond donors (Lipinski definition) is 2. The predicted molar refractivity (Wildman–Crippen MR) is 135 cm³/mol. The van der Waals surface area contributed by atoms with Crippen LogP contribution in [0.15, 0.2) is 58.4 Å². The highest BCUT2D eigenvalue weighted by atomic mass is 35.5. The van der Waals surface area contributed by atoms with Gasteiger partial charge in [-0.1, -0.05) is 47.5 Å². The van der Waals surface area contributed by atoms with E-state index in [1.54, 1.807) is 6.07 Å². The fourth-order valence-corrected chi connectivity index (χ4v) is 5.31. The van der Waals surface area contributed by atoms with Gasteiger partial charge < -0.3 is 10.0 Å². The fraction of sp³-hybridized carbons (Fsp3) is 0.261. The number of benzene rings is 2. The van der Waals surface area contributed by atoms with Gasteiger partial charge in [0.25, 0.3) is 0 Å². The minimum atomic E-state index is -3.74. The molecule has 3 rings (SSSR count). The largest absolute Gasteiger partial charge is 0.465 e. The number of likely N-dealkylation sites (N-methyl/N-ethyl adjacent to an activating group) is 1. The van der Waals surface area contributed by atoms with Crippen LogP contribution in [0.4, 0.5) is 9.18 Å². The maximum absolute atomic E-state index is 14.7. The van der Waals surface area contributed by atoms with Gasteiger partial charge in [0.05, 0.1) is 28.0 Å². The lowest BCUT2D eigenvalue weighted by molar-refractivity contribution is -0.125. The first-order valence-electron chi connectivity index (χ1n) is 10.6. The van der Waals surface area contributed by atoms with Crippen LogP contribution < -0.4 is 5.32 Å². The molecule has 0 unspecified atom stereocenters. The van der Waals surface area contributed by atoms with Crippen LogP contribution in [0.2, 0.25) is 10.0 Å². The molecule has 0 bridgehead atoms. The normalized spacial score (nSPS) is 13.8. The molecule has 0 spiro atoms. The third-order valence-electron chi connectivity index (χ3n) is 5.23. The molecule has 0 radical (unpaired) electrons. The summed E-state index contributed by atoms with van der Waals surface area (Å²) in [6, 6.07) is 8.56. The zero-order valence-electron chi connectivity index (χ0n) is 19.1. The van der Waals surface area contributed by atoms with E-state index in [9.17, 15) is 27.5 Å². The van der Waals surface area contributed by atoms with Crippen molar-refractivity contribution in [3.63, 3.8) is 0 Å². The van der Waals surface area contributed by atoms with Crippen LogP contribution in [0.3, 0.4) is 0 Å². The molecule has 2 N–H and O–H groups in total. The average Bonchev–Trinajstić information content (AvgIpc) is 3.32. The summed E-state index contributed by atoms with van der Waals surface area (Å²) in [5, 5.41) is 12.0. The van der Waals surface area contributed by atoms with Crippen LogP contribution in [0.5, 0.6) is 0 Å². The number of aliphatic imine (C=N–C) groups is 1. The maximum atomic E-state index is 14.7.